The molecule has 0 amide bonds. The van der Waals surface area contributed by atoms with Crippen LogP contribution in [0.5, 0.6) is 0 Å². The first kappa shape index (κ1) is 17.4. The zero-order valence-corrected chi connectivity index (χ0v) is 17.5. The maximum Gasteiger partial charge on any atom is 0.145 e. The zero-order valence-electron chi connectivity index (χ0n) is 16.0. The number of hydrogen-bond acceptors (Lipinski definition) is 2. The molecular weight excluding hydrogens is 434 g/mol. The van der Waals surface area contributed by atoms with Gasteiger partial charge in [-0.2, -0.15) is 0 Å². The molecule has 6 rings (SSSR count). The monoisotopic (exact) mass is 449 g/mol. The van der Waals surface area contributed by atoms with Gasteiger partial charge in [-0.1, -0.05) is 70.5 Å². The summed E-state index contributed by atoms with van der Waals surface area (Å²) in [5.74, 6) is 0.921. The highest BCUT2D eigenvalue weighted by molar-refractivity contribution is 9.10. The average Bonchev–Trinajstić information content (AvgIpc) is 3.21. The number of imidazole rings is 1. The van der Waals surface area contributed by atoms with Crippen molar-refractivity contribution in [1.82, 2.24) is 14.5 Å². The Morgan fingerprint density at radius 1 is 0.633 bits per heavy atom. The number of para-hydroxylation sites is 1. The van der Waals surface area contributed by atoms with Gasteiger partial charge in [-0.25, -0.2) is 4.98 Å². The van der Waals surface area contributed by atoms with E-state index in [4.69, 9.17) is 9.97 Å². The van der Waals surface area contributed by atoms with Crippen LogP contribution in [-0.2, 0) is 0 Å². The van der Waals surface area contributed by atoms with Gasteiger partial charge in [0, 0.05) is 38.1 Å². The normalized spacial score (nSPS) is 11.5. The molecular formula is C26H16BrN3. The van der Waals surface area contributed by atoms with Crippen LogP contribution in [-0.4, -0.2) is 14.5 Å². The first-order chi connectivity index (χ1) is 14.8. The van der Waals surface area contributed by atoms with Crippen molar-refractivity contribution >= 4 is 48.6 Å². The lowest BCUT2D eigenvalue weighted by atomic mass is 10.0. The number of halogens is 1. The van der Waals surface area contributed by atoms with E-state index in [1.165, 1.54) is 0 Å². The van der Waals surface area contributed by atoms with Gasteiger partial charge >= 0.3 is 0 Å². The topological polar surface area (TPSA) is 30.7 Å². The van der Waals surface area contributed by atoms with Gasteiger partial charge in [0.1, 0.15) is 5.82 Å². The van der Waals surface area contributed by atoms with Crippen molar-refractivity contribution in [3.63, 3.8) is 0 Å². The lowest BCUT2D eigenvalue weighted by Crippen LogP contribution is -1.98. The number of fused-ring (bicyclic) bond motifs is 6. The maximum absolute atomic E-state index is 5.17. The maximum atomic E-state index is 5.17. The summed E-state index contributed by atoms with van der Waals surface area (Å²) in [7, 11) is 0. The lowest BCUT2D eigenvalue weighted by molar-refractivity contribution is 1.11. The Labute approximate surface area is 181 Å². The van der Waals surface area contributed by atoms with Crippen LogP contribution in [0.15, 0.2) is 102 Å². The molecule has 142 valence electrons. The van der Waals surface area contributed by atoms with Crippen LogP contribution >= 0.6 is 15.9 Å². The quantitative estimate of drug-likeness (QED) is 0.262. The third kappa shape index (κ3) is 2.57. The number of rotatable bonds is 2. The summed E-state index contributed by atoms with van der Waals surface area (Å²) in [5.41, 5.74) is 5.22. The third-order valence-electron chi connectivity index (χ3n) is 5.49. The average molecular weight is 450 g/mol. The molecule has 0 unspecified atom stereocenters. The van der Waals surface area contributed by atoms with Gasteiger partial charge in [-0.3, -0.25) is 9.55 Å². The summed E-state index contributed by atoms with van der Waals surface area (Å²) < 4.78 is 3.32. The van der Waals surface area contributed by atoms with Crippen LogP contribution in [0.1, 0.15) is 0 Å². The first-order valence-corrected chi connectivity index (χ1v) is 10.6. The van der Waals surface area contributed by atoms with E-state index in [9.17, 15) is 0 Å². The Kier molecular flexibility index (Phi) is 3.93. The standard InChI is InChI=1S/C26H16BrN3/c27-18-14-12-17(13-15-18)26-29-24-22-11-6-16-28-23(22)20-9-4-5-10-21(20)25(24)30(26)19-7-2-1-3-8-19/h1-16H. The summed E-state index contributed by atoms with van der Waals surface area (Å²) in [6.07, 6.45) is 1.85. The summed E-state index contributed by atoms with van der Waals surface area (Å²) in [6.45, 7) is 0. The van der Waals surface area contributed by atoms with E-state index in [-0.39, 0.29) is 0 Å². The second kappa shape index (κ2) is 6.78. The number of nitrogens with zero attached hydrogens (tertiary/aromatic N) is 3. The second-order valence-electron chi connectivity index (χ2n) is 7.26. The third-order valence-corrected chi connectivity index (χ3v) is 6.02. The van der Waals surface area contributed by atoms with Crippen LogP contribution in [0.4, 0.5) is 0 Å². The molecule has 0 atom stereocenters. The molecule has 3 nitrogen and oxygen atoms in total. The number of pyridine rings is 1. The Morgan fingerprint density at radius 2 is 1.33 bits per heavy atom. The van der Waals surface area contributed by atoms with E-state index in [1.54, 1.807) is 0 Å². The SMILES string of the molecule is Brc1ccc(-c2nc3c4cccnc4c4ccccc4c3n2-c2ccccc2)cc1. The van der Waals surface area contributed by atoms with Gasteiger partial charge in [0.25, 0.3) is 0 Å². The van der Waals surface area contributed by atoms with Gasteiger partial charge in [0.2, 0.25) is 0 Å². The highest BCUT2D eigenvalue weighted by Crippen LogP contribution is 2.38. The molecule has 0 saturated heterocycles. The molecule has 4 heteroatoms. The summed E-state index contributed by atoms with van der Waals surface area (Å²) in [4.78, 5) is 9.87. The Hall–Kier alpha value is -3.50. The van der Waals surface area contributed by atoms with Gasteiger partial charge in [0.05, 0.1) is 16.6 Å². The minimum atomic E-state index is 0.921. The molecule has 0 bridgehead atoms. The summed E-state index contributed by atoms with van der Waals surface area (Å²) in [6, 6.07) is 31.3. The molecule has 30 heavy (non-hydrogen) atoms. The molecule has 4 aromatic carbocycles. The molecule has 0 saturated carbocycles. The van der Waals surface area contributed by atoms with Crippen molar-refractivity contribution in [1.29, 1.82) is 0 Å². The minimum Gasteiger partial charge on any atom is -0.292 e. The molecule has 0 aliphatic rings. The lowest BCUT2D eigenvalue weighted by Gasteiger charge is -2.12. The zero-order chi connectivity index (χ0) is 20.1. The van der Waals surface area contributed by atoms with Crippen LogP contribution in [0.2, 0.25) is 0 Å². The molecule has 6 aromatic rings. The second-order valence-corrected chi connectivity index (χ2v) is 8.17. The molecule has 0 radical (unpaired) electrons. The number of hydrogen-bond donors (Lipinski definition) is 0. The molecule has 2 heterocycles. The molecule has 0 fully saturated rings. The summed E-state index contributed by atoms with van der Waals surface area (Å²) in [5, 5.41) is 3.36. The van der Waals surface area contributed by atoms with E-state index in [0.29, 0.717) is 0 Å². The van der Waals surface area contributed by atoms with Gasteiger partial charge < -0.3 is 0 Å². The van der Waals surface area contributed by atoms with Gasteiger partial charge in [0.15, 0.2) is 0 Å². The van der Waals surface area contributed by atoms with Gasteiger partial charge in [-0.15, -0.1) is 0 Å². The van der Waals surface area contributed by atoms with Crippen LogP contribution in [0, 0.1) is 0 Å². The molecule has 2 aromatic heterocycles. The molecule has 0 N–H and O–H groups in total. The van der Waals surface area contributed by atoms with Crippen LogP contribution in [0.3, 0.4) is 0 Å². The van der Waals surface area contributed by atoms with Crippen molar-refractivity contribution in [2.24, 2.45) is 0 Å². The van der Waals surface area contributed by atoms with Crippen LogP contribution in [0.25, 0.3) is 49.8 Å². The fraction of sp³-hybridized carbons (Fsp3) is 0. The van der Waals surface area contributed by atoms with E-state index < -0.39 is 0 Å². The Morgan fingerprint density at radius 3 is 2.13 bits per heavy atom. The Balaban J connectivity index is 1.87. The fourth-order valence-electron chi connectivity index (χ4n) is 4.18. The van der Waals surface area contributed by atoms with E-state index in [0.717, 1.165) is 54.3 Å². The predicted molar refractivity (Wildman–Crippen MR) is 127 cm³/mol. The van der Waals surface area contributed by atoms with Gasteiger partial charge in [-0.05, 0) is 36.4 Å². The molecule has 0 aliphatic heterocycles. The number of benzene rings is 4. The van der Waals surface area contributed by atoms with Crippen molar-refractivity contribution in [2.75, 3.05) is 0 Å². The van der Waals surface area contributed by atoms with E-state index in [1.807, 2.05) is 18.3 Å². The Bertz CT molecular complexity index is 1530. The minimum absolute atomic E-state index is 0.921. The smallest absolute Gasteiger partial charge is 0.145 e. The molecule has 0 spiro atoms. The largest absolute Gasteiger partial charge is 0.292 e. The highest BCUT2D eigenvalue weighted by atomic mass is 79.9. The number of aromatic nitrogens is 3. The fourth-order valence-corrected chi connectivity index (χ4v) is 4.45. The van der Waals surface area contributed by atoms with Crippen molar-refractivity contribution < 1.29 is 0 Å². The predicted octanol–water partition coefficient (Wildman–Crippen LogP) is 7.16. The molecule has 0 aliphatic carbocycles. The first-order valence-electron chi connectivity index (χ1n) is 9.80. The van der Waals surface area contributed by atoms with Crippen LogP contribution < -0.4 is 0 Å². The van der Waals surface area contributed by atoms with E-state index >= 15 is 0 Å². The van der Waals surface area contributed by atoms with Crippen molar-refractivity contribution in [2.45, 2.75) is 0 Å². The van der Waals surface area contributed by atoms with Crippen molar-refractivity contribution in [3.05, 3.63) is 102 Å². The van der Waals surface area contributed by atoms with E-state index in [2.05, 4.69) is 99.4 Å². The highest BCUT2D eigenvalue weighted by Gasteiger charge is 2.20. The summed E-state index contributed by atoms with van der Waals surface area (Å²) >= 11 is 3.55. The van der Waals surface area contributed by atoms with Crippen molar-refractivity contribution in [3.8, 4) is 17.1 Å².